The molecule has 2 rings (SSSR count). The molecule has 0 saturated carbocycles. The topological polar surface area (TPSA) is 29.5 Å². The van der Waals surface area contributed by atoms with Gasteiger partial charge in [0.1, 0.15) is 0 Å². The summed E-state index contributed by atoms with van der Waals surface area (Å²) in [7, 11) is 0. The van der Waals surface area contributed by atoms with Gasteiger partial charge < -0.3 is 9.64 Å². The molecule has 17 heavy (non-hydrogen) atoms. The van der Waals surface area contributed by atoms with Crippen molar-refractivity contribution in [2.45, 2.75) is 26.2 Å². The van der Waals surface area contributed by atoms with Crippen LogP contribution in [-0.2, 0) is 16.0 Å². The van der Waals surface area contributed by atoms with E-state index in [-0.39, 0.29) is 5.97 Å². The van der Waals surface area contributed by atoms with Gasteiger partial charge in [-0.25, -0.2) is 0 Å². The summed E-state index contributed by atoms with van der Waals surface area (Å²) in [6.45, 7) is 4.48. The molecular weight excluding hydrogens is 214 g/mol. The van der Waals surface area contributed by atoms with Crippen LogP contribution in [0.1, 0.15) is 25.3 Å². The molecule has 1 fully saturated rings. The molecule has 1 saturated heterocycles. The van der Waals surface area contributed by atoms with Crippen molar-refractivity contribution < 1.29 is 9.53 Å². The SMILES string of the molecule is CCOC(=O)Cc1ccccc1N1CCCC1. The number of hydrogen-bond acceptors (Lipinski definition) is 3. The molecule has 1 aromatic carbocycles. The number of hydrogen-bond donors (Lipinski definition) is 0. The third kappa shape index (κ3) is 2.99. The Morgan fingerprint density at radius 1 is 1.29 bits per heavy atom. The summed E-state index contributed by atoms with van der Waals surface area (Å²) in [6.07, 6.45) is 2.86. The Morgan fingerprint density at radius 3 is 2.71 bits per heavy atom. The van der Waals surface area contributed by atoms with Crippen molar-refractivity contribution in [2.75, 3.05) is 24.6 Å². The molecule has 0 unspecified atom stereocenters. The first-order valence-corrected chi connectivity index (χ1v) is 6.29. The summed E-state index contributed by atoms with van der Waals surface area (Å²) in [6, 6.07) is 8.13. The number of benzene rings is 1. The van der Waals surface area contributed by atoms with E-state index in [9.17, 15) is 4.79 Å². The Balaban J connectivity index is 2.12. The first-order chi connectivity index (χ1) is 8.31. The molecule has 3 nitrogen and oxygen atoms in total. The molecule has 0 N–H and O–H groups in total. The van der Waals surface area contributed by atoms with E-state index < -0.39 is 0 Å². The van der Waals surface area contributed by atoms with Gasteiger partial charge in [-0.15, -0.1) is 0 Å². The average molecular weight is 233 g/mol. The van der Waals surface area contributed by atoms with Crippen LogP contribution >= 0.6 is 0 Å². The van der Waals surface area contributed by atoms with E-state index >= 15 is 0 Å². The molecular formula is C14H19NO2. The summed E-state index contributed by atoms with van der Waals surface area (Å²) in [4.78, 5) is 13.9. The number of nitrogens with zero attached hydrogens (tertiary/aromatic N) is 1. The van der Waals surface area contributed by atoms with Crippen LogP contribution in [0, 0.1) is 0 Å². The van der Waals surface area contributed by atoms with Gasteiger partial charge in [0.2, 0.25) is 0 Å². The highest BCUT2D eigenvalue weighted by Gasteiger charge is 2.16. The fraction of sp³-hybridized carbons (Fsp3) is 0.500. The summed E-state index contributed by atoms with van der Waals surface area (Å²) < 4.78 is 5.01. The van der Waals surface area contributed by atoms with Crippen LogP contribution in [0.5, 0.6) is 0 Å². The number of ether oxygens (including phenoxy) is 1. The Labute approximate surface area is 102 Å². The number of para-hydroxylation sites is 1. The van der Waals surface area contributed by atoms with Gasteiger partial charge >= 0.3 is 5.97 Å². The normalized spacial score (nSPS) is 15.0. The quantitative estimate of drug-likeness (QED) is 0.748. The second-order valence-electron chi connectivity index (χ2n) is 4.30. The minimum absolute atomic E-state index is 0.140. The van der Waals surface area contributed by atoms with Crippen molar-refractivity contribution >= 4 is 11.7 Å². The van der Waals surface area contributed by atoms with Gasteiger partial charge in [-0.05, 0) is 31.4 Å². The van der Waals surface area contributed by atoms with Crippen molar-refractivity contribution in [2.24, 2.45) is 0 Å². The molecule has 92 valence electrons. The largest absolute Gasteiger partial charge is 0.466 e. The molecule has 0 aromatic heterocycles. The van der Waals surface area contributed by atoms with E-state index in [1.54, 1.807) is 0 Å². The standard InChI is InChI=1S/C14H19NO2/c1-2-17-14(16)11-12-7-3-4-8-13(12)15-9-5-6-10-15/h3-4,7-8H,2,5-6,9-11H2,1H3. The lowest BCUT2D eigenvalue weighted by molar-refractivity contribution is -0.142. The second kappa shape index (κ2) is 5.71. The Bertz CT molecular complexity index is 384. The zero-order valence-corrected chi connectivity index (χ0v) is 10.3. The predicted octanol–water partition coefficient (Wildman–Crippen LogP) is 2.39. The molecule has 1 heterocycles. The molecule has 0 bridgehead atoms. The molecule has 1 aliphatic heterocycles. The van der Waals surface area contributed by atoms with Gasteiger partial charge in [0.05, 0.1) is 13.0 Å². The van der Waals surface area contributed by atoms with Crippen LogP contribution < -0.4 is 4.90 Å². The number of anilines is 1. The highest BCUT2D eigenvalue weighted by Crippen LogP contribution is 2.24. The van der Waals surface area contributed by atoms with Crippen molar-refractivity contribution in [1.82, 2.24) is 0 Å². The lowest BCUT2D eigenvalue weighted by atomic mass is 10.1. The van der Waals surface area contributed by atoms with Gasteiger partial charge in [-0.1, -0.05) is 18.2 Å². The van der Waals surface area contributed by atoms with E-state index in [0.29, 0.717) is 13.0 Å². The smallest absolute Gasteiger partial charge is 0.310 e. The van der Waals surface area contributed by atoms with E-state index in [2.05, 4.69) is 11.0 Å². The minimum atomic E-state index is -0.140. The monoisotopic (exact) mass is 233 g/mol. The maximum Gasteiger partial charge on any atom is 0.310 e. The summed E-state index contributed by atoms with van der Waals surface area (Å²) >= 11 is 0. The van der Waals surface area contributed by atoms with Gasteiger partial charge in [-0.3, -0.25) is 4.79 Å². The Kier molecular flexibility index (Phi) is 4.02. The second-order valence-corrected chi connectivity index (χ2v) is 4.30. The van der Waals surface area contributed by atoms with E-state index in [1.165, 1.54) is 18.5 Å². The highest BCUT2D eigenvalue weighted by molar-refractivity contribution is 5.75. The van der Waals surface area contributed by atoms with Gasteiger partial charge in [-0.2, -0.15) is 0 Å². The lowest BCUT2D eigenvalue weighted by Crippen LogP contribution is -2.20. The zero-order valence-electron chi connectivity index (χ0n) is 10.3. The molecule has 0 aliphatic carbocycles. The van der Waals surface area contributed by atoms with Crippen molar-refractivity contribution in [3.8, 4) is 0 Å². The van der Waals surface area contributed by atoms with Gasteiger partial charge in [0.25, 0.3) is 0 Å². The van der Waals surface area contributed by atoms with Crippen molar-refractivity contribution in [1.29, 1.82) is 0 Å². The van der Waals surface area contributed by atoms with Crippen LogP contribution in [0.3, 0.4) is 0 Å². The van der Waals surface area contributed by atoms with Gasteiger partial charge in [0.15, 0.2) is 0 Å². The number of esters is 1. The number of rotatable bonds is 4. The van der Waals surface area contributed by atoms with Crippen LogP contribution in [0.25, 0.3) is 0 Å². The fourth-order valence-electron chi connectivity index (χ4n) is 2.29. The first kappa shape index (κ1) is 12.0. The highest BCUT2D eigenvalue weighted by atomic mass is 16.5. The zero-order chi connectivity index (χ0) is 12.1. The number of carbonyl (C=O) groups is 1. The maximum atomic E-state index is 11.5. The molecule has 1 aliphatic rings. The van der Waals surface area contributed by atoms with Crippen LogP contribution in [0.15, 0.2) is 24.3 Å². The summed E-state index contributed by atoms with van der Waals surface area (Å²) in [5, 5.41) is 0. The van der Waals surface area contributed by atoms with Crippen molar-refractivity contribution in [3.63, 3.8) is 0 Å². The fourth-order valence-corrected chi connectivity index (χ4v) is 2.29. The predicted molar refractivity (Wildman–Crippen MR) is 68.2 cm³/mol. The Hall–Kier alpha value is -1.51. The third-order valence-corrected chi connectivity index (χ3v) is 3.08. The van der Waals surface area contributed by atoms with E-state index in [4.69, 9.17) is 4.74 Å². The average Bonchev–Trinajstić information content (AvgIpc) is 2.83. The summed E-state index contributed by atoms with van der Waals surface area (Å²) in [5.74, 6) is -0.140. The van der Waals surface area contributed by atoms with Crippen molar-refractivity contribution in [3.05, 3.63) is 29.8 Å². The molecule has 0 spiro atoms. The van der Waals surface area contributed by atoms with Crippen LogP contribution in [-0.4, -0.2) is 25.7 Å². The van der Waals surface area contributed by atoms with Crippen LogP contribution in [0.2, 0.25) is 0 Å². The third-order valence-electron chi connectivity index (χ3n) is 3.08. The number of carbonyl (C=O) groups excluding carboxylic acids is 1. The molecule has 0 amide bonds. The summed E-state index contributed by atoms with van der Waals surface area (Å²) in [5.41, 5.74) is 2.27. The minimum Gasteiger partial charge on any atom is -0.466 e. The Morgan fingerprint density at radius 2 is 2.00 bits per heavy atom. The van der Waals surface area contributed by atoms with Crippen LogP contribution in [0.4, 0.5) is 5.69 Å². The molecule has 1 aromatic rings. The molecule has 0 atom stereocenters. The van der Waals surface area contributed by atoms with E-state index in [1.807, 2.05) is 25.1 Å². The van der Waals surface area contributed by atoms with E-state index in [0.717, 1.165) is 18.7 Å². The first-order valence-electron chi connectivity index (χ1n) is 6.29. The van der Waals surface area contributed by atoms with Gasteiger partial charge in [0, 0.05) is 18.8 Å². The molecule has 3 heteroatoms. The maximum absolute atomic E-state index is 11.5. The lowest BCUT2D eigenvalue weighted by Gasteiger charge is -2.20. The molecule has 0 radical (unpaired) electrons.